The number of para-hydroxylation sites is 1. The Balaban J connectivity index is 1.49. The lowest BCUT2D eigenvalue weighted by atomic mass is 9.82. The standard InChI is InChI=1S/C24H25ClN2O3/c25-20-11-7-17(8-12-20)15-27-21-4-2-1-3-19(21)13-22(27)23(28)26-14-16-5-9-18(10-6-16)24(29)30/h1-4,7-8,11-13,16,18H,5-6,9-10,14-15H2,(H,26,28)(H,29,30). The molecule has 1 amide bonds. The third-order valence-electron chi connectivity index (χ3n) is 6.04. The molecule has 0 aliphatic heterocycles. The molecule has 0 radical (unpaired) electrons. The number of halogens is 1. The summed E-state index contributed by atoms with van der Waals surface area (Å²) in [5.41, 5.74) is 2.71. The molecule has 3 aromatic rings. The quantitative estimate of drug-likeness (QED) is 0.587. The number of aromatic nitrogens is 1. The molecule has 1 aliphatic rings. The van der Waals surface area contributed by atoms with E-state index in [1.807, 2.05) is 59.2 Å². The predicted octanol–water partition coefficient (Wildman–Crippen LogP) is 4.96. The molecule has 0 bridgehead atoms. The fourth-order valence-electron chi connectivity index (χ4n) is 4.28. The van der Waals surface area contributed by atoms with Gasteiger partial charge in [0.25, 0.3) is 5.91 Å². The summed E-state index contributed by atoms with van der Waals surface area (Å²) in [4.78, 5) is 24.2. The summed E-state index contributed by atoms with van der Waals surface area (Å²) < 4.78 is 2.04. The highest BCUT2D eigenvalue weighted by molar-refractivity contribution is 6.30. The number of nitrogens with zero attached hydrogens (tertiary/aromatic N) is 1. The Morgan fingerprint density at radius 2 is 1.73 bits per heavy atom. The van der Waals surface area contributed by atoms with Gasteiger partial charge in [-0.3, -0.25) is 9.59 Å². The molecule has 1 heterocycles. The maximum atomic E-state index is 13.0. The molecule has 0 unspecified atom stereocenters. The van der Waals surface area contributed by atoms with E-state index in [9.17, 15) is 9.59 Å². The summed E-state index contributed by atoms with van der Waals surface area (Å²) in [5, 5.41) is 13.9. The number of carbonyl (C=O) groups is 2. The van der Waals surface area contributed by atoms with Gasteiger partial charge in [-0.2, -0.15) is 0 Å². The summed E-state index contributed by atoms with van der Waals surface area (Å²) in [6.07, 6.45) is 3.05. The molecule has 2 N–H and O–H groups in total. The van der Waals surface area contributed by atoms with E-state index in [1.54, 1.807) is 0 Å². The van der Waals surface area contributed by atoms with Gasteiger partial charge in [0.1, 0.15) is 5.69 Å². The topological polar surface area (TPSA) is 71.3 Å². The smallest absolute Gasteiger partial charge is 0.306 e. The van der Waals surface area contributed by atoms with E-state index in [4.69, 9.17) is 16.7 Å². The molecule has 2 aromatic carbocycles. The molecule has 6 heteroatoms. The first-order valence-corrected chi connectivity index (χ1v) is 10.7. The molecule has 1 saturated carbocycles. The number of carbonyl (C=O) groups excluding carboxylic acids is 1. The van der Waals surface area contributed by atoms with Crippen molar-refractivity contribution in [1.29, 1.82) is 0 Å². The van der Waals surface area contributed by atoms with E-state index in [2.05, 4.69) is 5.32 Å². The lowest BCUT2D eigenvalue weighted by molar-refractivity contribution is -0.143. The number of carboxylic acid groups (broad SMARTS) is 1. The van der Waals surface area contributed by atoms with Gasteiger partial charge in [0, 0.05) is 29.0 Å². The summed E-state index contributed by atoms with van der Waals surface area (Å²) in [6, 6.07) is 17.6. The number of aliphatic carboxylic acids is 1. The molecular weight excluding hydrogens is 400 g/mol. The number of carboxylic acids is 1. The summed E-state index contributed by atoms with van der Waals surface area (Å²) in [5.74, 6) is -0.706. The zero-order valence-electron chi connectivity index (χ0n) is 16.7. The minimum atomic E-state index is -0.704. The maximum Gasteiger partial charge on any atom is 0.306 e. The van der Waals surface area contributed by atoms with Gasteiger partial charge in [-0.15, -0.1) is 0 Å². The summed E-state index contributed by atoms with van der Waals surface area (Å²) in [7, 11) is 0. The van der Waals surface area contributed by atoms with Crippen molar-refractivity contribution in [2.24, 2.45) is 11.8 Å². The zero-order chi connectivity index (χ0) is 21.1. The van der Waals surface area contributed by atoms with Crippen molar-refractivity contribution in [3.8, 4) is 0 Å². The van der Waals surface area contributed by atoms with Crippen molar-refractivity contribution < 1.29 is 14.7 Å². The van der Waals surface area contributed by atoms with Crippen LogP contribution in [0.4, 0.5) is 0 Å². The van der Waals surface area contributed by atoms with Crippen molar-refractivity contribution in [3.05, 3.63) is 70.9 Å². The third-order valence-corrected chi connectivity index (χ3v) is 6.30. The van der Waals surface area contributed by atoms with Crippen molar-refractivity contribution in [2.45, 2.75) is 32.2 Å². The first-order valence-electron chi connectivity index (χ1n) is 10.3. The van der Waals surface area contributed by atoms with Gasteiger partial charge < -0.3 is 15.0 Å². The third kappa shape index (κ3) is 4.51. The Bertz CT molecular complexity index is 1050. The van der Waals surface area contributed by atoms with Crippen LogP contribution >= 0.6 is 11.6 Å². The van der Waals surface area contributed by atoms with Gasteiger partial charge in [-0.25, -0.2) is 0 Å². The Kier molecular flexibility index (Phi) is 6.09. The lowest BCUT2D eigenvalue weighted by Gasteiger charge is -2.26. The second kappa shape index (κ2) is 8.92. The van der Waals surface area contributed by atoms with Crippen molar-refractivity contribution in [2.75, 3.05) is 6.54 Å². The number of benzene rings is 2. The van der Waals surface area contributed by atoms with E-state index in [0.29, 0.717) is 42.6 Å². The average molecular weight is 425 g/mol. The Morgan fingerprint density at radius 1 is 1.03 bits per heavy atom. The first kappa shape index (κ1) is 20.5. The number of amides is 1. The molecule has 1 fully saturated rings. The SMILES string of the molecule is O=C(NCC1CCC(C(=O)O)CC1)c1cc2ccccc2n1Cc1ccc(Cl)cc1. The number of rotatable bonds is 6. The molecule has 30 heavy (non-hydrogen) atoms. The van der Waals surface area contributed by atoms with Gasteiger partial charge in [0.05, 0.1) is 5.92 Å². The number of nitrogens with one attached hydrogen (secondary N) is 1. The number of hydrogen-bond donors (Lipinski definition) is 2. The summed E-state index contributed by atoms with van der Waals surface area (Å²) >= 11 is 6.01. The van der Waals surface area contributed by atoms with Crippen molar-refractivity contribution in [1.82, 2.24) is 9.88 Å². The zero-order valence-corrected chi connectivity index (χ0v) is 17.4. The highest BCUT2D eigenvalue weighted by Gasteiger charge is 2.26. The van der Waals surface area contributed by atoms with Crippen LogP contribution in [0.5, 0.6) is 0 Å². The Hall–Kier alpha value is -2.79. The monoisotopic (exact) mass is 424 g/mol. The van der Waals surface area contributed by atoms with Crippen LogP contribution < -0.4 is 5.32 Å². The van der Waals surface area contributed by atoms with Crippen LogP contribution in [-0.2, 0) is 11.3 Å². The van der Waals surface area contributed by atoms with Gasteiger partial charge in [-0.05, 0) is 61.4 Å². The van der Waals surface area contributed by atoms with Crippen LogP contribution in [0.25, 0.3) is 10.9 Å². The fourth-order valence-corrected chi connectivity index (χ4v) is 4.41. The van der Waals surface area contributed by atoms with Crippen LogP contribution in [0.1, 0.15) is 41.7 Å². The van der Waals surface area contributed by atoms with Gasteiger partial charge in [0.2, 0.25) is 0 Å². The molecule has 0 spiro atoms. The Labute approximate surface area is 180 Å². The lowest BCUT2D eigenvalue weighted by Crippen LogP contribution is -2.33. The minimum Gasteiger partial charge on any atom is -0.481 e. The average Bonchev–Trinajstić information content (AvgIpc) is 3.12. The fraction of sp³-hybridized carbons (Fsp3) is 0.333. The van der Waals surface area contributed by atoms with Gasteiger partial charge in [0.15, 0.2) is 0 Å². The van der Waals surface area contributed by atoms with E-state index in [-0.39, 0.29) is 11.8 Å². The van der Waals surface area contributed by atoms with Crippen LogP contribution in [0.3, 0.4) is 0 Å². The van der Waals surface area contributed by atoms with Crippen molar-refractivity contribution >= 4 is 34.4 Å². The van der Waals surface area contributed by atoms with Crippen molar-refractivity contribution in [3.63, 3.8) is 0 Å². The second-order valence-electron chi connectivity index (χ2n) is 8.07. The molecule has 5 nitrogen and oxygen atoms in total. The number of fused-ring (bicyclic) bond motifs is 1. The molecule has 0 saturated heterocycles. The van der Waals surface area contributed by atoms with E-state index < -0.39 is 5.97 Å². The van der Waals surface area contributed by atoms with Crippen LogP contribution in [0.2, 0.25) is 5.02 Å². The number of hydrogen-bond acceptors (Lipinski definition) is 2. The molecule has 1 aliphatic carbocycles. The highest BCUT2D eigenvalue weighted by Crippen LogP contribution is 2.29. The molecule has 1 aromatic heterocycles. The molecule has 4 rings (SSSR count). The molecule has 0 atom stereocenters. The Morgan fingerprint density at radius 3 is 2.43 bits per heavy atom. The van der Waals surface area contributed by atoms with E-state index >= 15 is 0 Å². The minimum absolute atomic E-state index is 0.0967. The molecule has 156 valence electrons. The first-order chi connectivity index (χ1) is 14.5. The van der Waals surface area contributed by atoms with Crippen LogP contribution in [0.15, 0.2) is 54.6 Å². The molecular formula is C24H25ClN2O3. The van der Waals surface area contributed by atoms with Gasteiger partial charge >= 0.3 is 5.97 Å². The normalized spacial score (nSPS) is 19.0. The predicted molar refractivity (Wildman–Crippen MR) is 118 cm³/mol. The highest BCUT2D eigenvalue weighted by atomic mass is 35.5. The van der Waals surface area contributed by atoms with Crippen LogP contribution in [0, 0.1) is 11.8 Å². The largest absolute Gasteiger partial charge is 0.481 e. The second-order valence-corrected chi connectivity index (χ2v) is 8.50. The van der Waals surface area contributed by atoms with E-state index in [1.165, 1.54) is 0 Å². The van der Waals surface area contributed by atoms with E-state index in [0.717, 1.165) is 29.3 Å². The van der Waals surface area contributed by atoms with Crippen LogP contribution in [-0.4, -0.2) is 28.1 Å². The maximum absolute atomic E-state index is 13.0. The summed E-state index contributed by atoms with van der Waals surface area (Å²) in [6.45, 7) is 1.16. The van der Waals surface area contributed by atoms with Gasteiger partial charge in [-0.1, -0.05) is 41.9 Å².